The Kier molecular flexibility index (Phi) is 3.52. The number of nitrogens with one attached hydrogen (secondary N) is 1. The molecule has 0 amide bonds. The quantitative estimate of drug-likeness (QED) is 0.770. The maximum Gasteiger partial charge on any atom is 0.154 e. The molecule has 1 rings (SSSR count). The average Bonchev–Trinajstić information content (AvgIpc) is 2.32. The van der Waals surface area contributed by atoms with Crippen LogP contribution in [-0.2, 0) is 9.84 Å². The summed E-state index contributed by atoms with van der Waals surface area (Å²) in [6.07, 6.45) is 7.30. The Labute approximate surface area is 85.1 Å². The number of rotatable bonds is 3. The van der Waals surface area contributed by atoms with Crippen molar-refractivity contribution < 1.29 is 8.42 Å². The van der Waals surface area contributed by atoms with Gasteiger partial charge in [-0.15, -0.1) is 0 Å². The van der Waals surface area contributed by atoms with E-state index < -0.39 is 9.84 Å². The second-order valence-corrected chi connectivity index (χ2v) is 5.54. The smallest absolute Gasteiger partial charge is 0.154 e. The zero-order valence-corrected chi connectivity index (χ0v) is 9.26. The maximum absolute atomic E-state index is 11.4. The van der Waals surface area contributed by atoms with Gasteiger partial charge in [-0.2, -0.15) is 0 Å². The van der Waals surface area contributed by atoms with Crippen molar-refractivity contribution in [2.75, 3.05) is 11.5 Å². The van der Waals surface area contributed by atoms with Crippen molar-refractivity contribution in [2.45, 2.75) is 13.8 Å². The molecule has 0 spiro atoms. The Morgan fingerprint density at radius 3 is 2.71 bits per heavy atom. The summed E-state index contributed by atoms with van der Waals surface area (Å²) in [5.74, 6) is 0.297. The van der Waals surface area contributed by atoms with Crippen LogP contribution in [-0.4, -0.2) is 19.9 Å². The molecule has 0 aromatic heterocycles. The lowest BCUT2D eigenvalue weighted by Gasteiger charge is -2.07. The van der Waals surface area contributed by atoms with E-state index in [0.717, 1.165) is 11.3 Å². The summed E-state index contributed by atoms with van der Waals surface area (Å²) in [7, 11) is -2.95. The monoisotopic (exact) mass is 213 g/mol. The van der Waals surface area contributed by atoms with Crippen molar-refractivity contribution >= 4 is 9.84 Å². The van der Waals surface area contributed by atoms with Gasteiger partial charge in [0.1, 0.15) is 0 Å². The van der Waals surface area contributed by atoms with Crippen LogP contribution in [0.4, 0.5) is 0 Å². The average molecular weight is 213 g/mol. The summed E-state index contributed by atoms with van der Waals surface area (Å²) in [4.78, 5) is 0. The Balaban J connectivity index is 2.88. The molecule has 1 aliphatic heterocycles. The van der Waals surface area contributed by atoms with Gasteiger partial charge in [0.05, 0.1) is 5.75 Å². The highest BCUT2D eigenvalue weighted by Gasteiger charge is 2.11. The van der Waals surface area contributed by atoms with Crippen LogP contribution < -0.4 is 5.32 Å². The zero-order valence-electron chi connectivity index (χ0n) is 8.45. The SMILES string of the molecule is CCS(=O)(=O)CC1=C(C)NC=CC=C1. The molecular formula is C10H15NO2S. The van der Waals surface area contributed by atoms with Crippen LogP contribution in [0.15, 0.2) is 35.7 Å². The van der Waals surface area contributed by atoms with E-state index in [1.54, 1.807) is 13.1 Å². The van der Waals surface area contributed by atoms with Crippen LogP contribution in [0.2, 0.25) is 0 Å². The van der Waals surface area contributed by atoms with E-state index in [-0.39, 0.29) is 11.5 Å². The van der Waals surface area contributed by atoms with Gasteiger partial charge in [-0.3, -0.25) is 0 Å². The summed E-state index contributed by atoms with van der Waals surface area (Å²) in [5.41, 5.74) is 1.73. The molecule has 0 radical (unpaired) electrons. The molecule has 0 aliphatic carbocycles. The Morgan fingerprint density at radius 2 is 2.07 bits per heavy atom. The molecule has 1 N–H and O–H groups in total. The summed E-state index contributed by atoms with van der Waals surface area (Å²) in [6.45, 7) is 3.54. The van der Waals surface area contributed by atoms with Crippen LogP contribution in [0.5, 0.6) is 0 Å². The molecule has 0 unspecified atom stereocenters. The topological polar surface area (TPSA) is 46.2 Å². The van der Waals surface area contributed by atoms with Gasteiger partial charge in [0.2, 0.25) is 0 Å². The molecule has 3 nitrogen and oxygen atoms in total. The van der Waals surface area contributed by atoms with E-state index in [9.17, 15) is 8.42 Å². The van der Waals surface area contributed by atoms with Crippen molar-refractivity contribution in [3.63, 3.8) is 0 Å². The highest BCUT2D eigenvalue weighted by atomic mass is 32.2. The minimum absolute atomic E-state index is 0.112. The molecule has 4 heteroatoms. The number of sulfone groups is 1. The van der Waals surface area contributed by atoms with Gasteiger partial charge in [-0.1, -0.05) is 19.1 Å². The highest BCUT2D eigenvalue weighted by molar-refractivity contribution is 7.91. The molecule has 1 heterocycles. The summed E-state index contributed by atoms with van der Waals surface area (Å²) >= 11 is 0. The molecule has 0 bridgehead atoms. The van der Waals surface area contributed by atoms with E-state index in [2.05, 4.69) is 5.32 Å². The fourth-order valence-corrected chi connectivity index (χ4v) is 2.10. The molecular weight excluding hydrogens is 198 g/mol. The molecule has 0 atom stereocenters. The summed E-state index contributed by atoms with van der Waals surface area (Å²) < 4.78 is 22.8. The molecule has 1 aliphatic rings. The first-order valence-electron chi connectivity index (χ1n) is 4.55. The number of allylic oxidation sites excluding steroid dienone is 4. The number of hydrogen-bond donors (Lipinski definition) is 1. The Hall–Kier alpha value is -1.03. The van der Waals surface area contributed by atoms with Gasteiger partial charge >= 0.3 is 0 Å². The normalized spacial score (nSPS) is 16.7. The van der Waals surface area contributed by atoms with E-state index in [1.807, 2.05) is 25.2 Å². The van der Waals surface area contributed by atoms with Gasteiger partial charge in [-0.05, 0) is 18.6 Å². The molecule has 0 fully saturated rings. The van der Waals surface area contributed by atoms with Crippen molar-refractivity contribution in [1.29, 1.82) is 0 Å². The van der Waals surface area contributed by atoms with Gasteiger partial charge in [0, 0.05) is 17.6 Å². The summed E-state index contributed by atoms with van der Waals surface area (Å²) in [6, 6.07) is 0. The van der Waals surface area contributed by atoms with Crippen LogP contribution in [0, 0.1) is 0 Å². The first-order valence-corrected chi connectivity index (χ1v) is 6.37. The lowest BCUT2D eigenvalue weighted by atomic mass is 10.2. The van der Waals surface area contributed by atoms with Crippen molar-refractivity contribution in [3.05, 3.63) is 35.7 Å². The second-order valence-electron chi connectivity index (χ2n) is 3.19. The van der Waals surface area contributed by atoms with Gasteiger partial charge in [0.25, 0.3) is 0 Å². The largest absolute Gasteiger partial charge is 0.365 e. The minimum Gasteiger partial charge on any atom is -0.365 e. The fourth-order valence-electron chi connectivity index (χ4n) is 1.11. The first-order chi connectivity index (χ1) is 6.55. The predicted octanol–water partition coefficient (Wildman–Crippen LogP) is 1.37. The van der Waals surface area contributed by atoms with Gasteiger partial charge < -0.3 is 5.32 Å². The molecule has 0 aromatic rings. The van der Waals surface area contributed by atoms with Crippen LogP contribution in [0.1, 0.15) is 13.8 Å². The number of hydrogen-bond acceptors (Lipinski definition) is 3. The third-order valence-corrected chi connectivity index (χ3v) is 3.73. The standard InChI is InChI=1S/C10H15NO2S/c1-3-14(12,13)8-10-6-4-5-7-11-9(10)2/h4-7,11H,3,8H2,1-2H3. The fraction of sp³-hybridized carbons (Fsp3) is 0.400. The molecule has 0 aromatic carbocycles. The molecule has 78 valence electrons. The predicted molar refractivity (Wildman–Crippen MR) is 58.4 cm³/mol. The minimum atomic E-state index is -2.95. The Bertz CT molecular complexity index is 388. The maximum atomic E-state index is 11.4. The third kappa shape index (κ3) is 3.03. The molecule has 0 saturated carbocycles. The van der Waals surface area contributed by atoms with Crippen LogP contribution >= 0.6 is 0 Å². The van der Waals surface area contributed by atoms with E-state index in [0.29, 0.717) is 0 Å². The van der Waals surface area contributed by atoms with Gasteiger partial charge in [0.15, 0.2) is 9.84 Å². The van der Waals surface area contributed by atoms with Crippen LogP contribution in [0.25, 0.3) is 0 Å². The van der Waals surface area contributed by atoms with Crippen molar-refractivity contribution in [3.8, 4) is 0 Å². The first kappa shape index (κ1) is 11.0. The summed E-state index contributed by atoms with van der Waals surface area (Å²) in [5, 5.41) is 3.01. The van der Waals surface area contributed by atoms with E-state index >= 15 is 0 Å². The van der Waals surface area contributed by atoms with Gasteiger partial charge in [-0.25, -0.2) is 8.42 Å². The molecule has 14 heavy (non-hydrogen) atoms. The van der Waals surface area contributed by atoms with Crippen molar-refractivity contribution in [2.24, 2.45) is 0 Å². The lowest BCUT2D eigenvalue weighted by molar-refractivity contribution is 0.599. The molecule has 0 saturated heterocycles. The highest BCUT2D eigenvalue weighted by Crippen LogP contribution is 2.10. The lowest BCUT2D eigenvalue weighted by Crippen LogP contribution is -2.13. The second kappa shape index (κ2) is 4.46. The van der Waals surface area contributed by atoms with Crippen molar-refractivity contribution in [1.82, 2.24) is 5.32 Å². The zero-order chi connectivity index (χ0) is 10.6. The Morgan fingerprint density at radius 1 is 1.36 bits per heavy atom. The van der Waals surface area contributed by atoms with E-state index in [4.69, 9.17) is 0 Å². The van der Waals surface area contributed by atoms with Crippen LogP contribution in [0.3, 0.4) is 0 Å². The third-order valence-electron chi connectivity index (χ3n) is 2.10. The van der Waals surface area contributed by atoms with E-state index in [1.165, 1.54) is 0 Å².